The molecule has 9 heteroatoms. The average molecular weight is 392 g/mol. The third-order valence-corrected chi connectivity index (χ3v) is 5.87. The van der Waals surface area contributed by atoms with E-state index >= 15 is 0 Å². The molecule has 0 aromatic heterocycles. The number of aliphatic hydroxyl groups is 1. The van der Waals surface area contributed by atoms with E-state index in [1.807, 2.05) is 0 Å². The molecule has 0 spiro atoms. The number of fused-ring (bicyclic) bond motifs is 1. The fraction of sp³-hybridized carbons (Fsp3) is 0.294. The monoisotopic (exact) mass is 392 g/mol. The lowest BCUT2D eigenvalue weighted by atomic mass is 9.96. The molecule has 2 aromatic rings. The topological polar surface area (TPSA) is 54.4 Å². The lowest BCUT2D eigenvalue weighted by Crippen LogP contribution is -2.25. The van der Waals surface area contributed by atoms with Crippen molar-refractivity contribution in [1.82, 2.24) is 0 Å². The van der Waals surface area contributed by atoms with Crippen LogP contribution in [0, 0.1) is 11.6 Å². The molecule has 0 unspecified atom stereocenters. The van der Waals surface area contributed by atoms with Gasteiger partial charge in [-0.3, -0.25) is 0 Å². The molecule has 3 rings (SSSR count). The van der Waals surface area contributed by atoms with Crippen LogP contribution in [0.5, 0.6) is 0 Å². The lowest BCUT2D eigenvalue weighted by Gasteiger charge is -2.17. The summed E-state index contributed by atoms with van der Waals surface area (Å²) in [6.07, 6.45) is -1.10. The fourth-order valence-electron chi connectivity index (χ4n) is 3.23. The maximum Gasteiger partial charge on any atom is 0.501 e. The molecule has 1 N–H and O–H groups in total. The van der Waals surface area contributed by atoms with E-state index in [0.29, 0.717) is 11.6 Å². The van der Waals surface area contributed by atoms with Gasteiger partial charge in [-0.15, -0.1) is 0 Å². The molecule has 0 saturated carbocycles. The van der Waals surface area contributed by atoms with Gasteiger partial charge in [-0.2, -0.15) is 13.2 Å². The van der Waals surface area contributed by atoms with Crippen molar-refractivity contribution in [2.45, 2.75) is 35.8 Å². The molecule has 2 aromatic carbocycles. The summed E-state index contributed by atoms with van der Waals surface area (Å²) in [5, 5.41) is 10.0. The van der Waals surface area contributed by atoms with Crippen molar-refractivity contribution in [3.8, 4) is 0 Å². The number of rotatable bonds is 3. The average Bonchev–Trinajstić information content (AvgIpc) is 2.88. The molecule has 0 radical (unpaired) electrons. The molecule has 140 valence electrons. The van der Waals surface area contributed by atoms with Crippen molar-refractivity contribution in [3.05, 3.63) is 64.2 Å². The molecule has 1 aliphatic rings. The molecule has 0 aliphatic heterocycles. The molecular formula is C17H13F5O3S. The van der Waals surface area contributed by atoms with Gasteiger partial charge in [0.1, 0.15) is 11.6 Å². The Bertz CT molecular complexity index is 947. The number of halogens is 5. The van der Waals surface area contributed by atoms with Crippen LogP contribution in [0.25, 0.3) is 0 Å². The van der Waals surface area contributed by atoms with E-state index in [0.717, 1.165) is 18.2 Å². The van der Waals surface area contributed by atoms with Crippen molar-refractivity contribution in [1.29, 1.82) is 0 Å². The van der Waals surface area contributed by atoms with Crippen molar-refractivity contribution in [2.75, 3.05) is 0 Å². The molecular weight excluding hydrogens is 379 g/mol. The van der Waals surface area contributed by atoms with Crippen molar-refractivity contribution in [2.24, 2.45) is 0 Å². The van der Waals surface area contributed by atoms with Crippen LogP contribution in [-0.4, -0.2) is 19.0 Å². The maximum absolute atomic E-state index is 13.3. The van der Waals surface area contributed by atoms with E-state index in [4.69, 9.17) is 0 Å². The van der Waals surface area contributed by atoms with Gasteiger partial charge in [0.15, 0.2) is 0 Å². The highest BCUT2D eigenvalue weighted by Crippen LogP contribution is 2.42. The normalized spacial score (nSPS) is 17.4. The Labute approximate surface area is 146 Å². The first-order valence-electron chi connectivity index (χ1n) is 7.60. The molecule has 0 saturated heterocycles. The summed E-state index contributed by atoms with van der Waals surface area (Å²) in [5.41, 5.74) is -4.83. The smallest absolute Gasteiger partial charge is 0.388 e. The minimum atomic E-state index is -5.62. The zero-order chi connectivity index (χ0) is 19.3. The predicted octanol–water partition coefficient (Wildman–Crippen LogP) is 3.83. The van der Waals surface area contributed by atoms with Crippen LogP contribution in [0.15, 0.2) is 35.2 Å². The van der Waals surface area contributed by atoms with E-state index in [2.05, 4.69) is 0 Å². The van der Waals surface area contributed by atoms with Gasteiger partial charge in [0.05, 0.1) is 11.0 Å². The lowest BCUT2D eigenvalue weighted by molar-refractivity contribution is -0.0437. The second-order valence-electron chi connectivity index (χ2n) is 6.07. The Balaban J connectivity index is 2.11. The molecule has 0 amide bonds. The summed E-state index contributed by atoms with van der Waals surface area (Å²) in [4.78, 5) is -0.973. The molecule has 0 heterocycles. The first-order valence-corrected chi connectivity index (χ1v) is 9.08. The van der Waals surface area contributed by atoms with E-state index in [1.54, 1.807) is 0 Å². The van der Waals surface area contributed by atoms with Gasteiger partial charge in [-0.05, 0) is 54.2 Å². The number of aliphatic hydroxyl groups excluding tert-OH is 1. The second-order valence-corrected chi connectivity index (χ2v) is 7.98. The van der Waals surface area contributed by atoms with Gasteiger partial charge in [0.2, 0.25) is 0 Å². The van der Waals surface area contributed by atoms with Gasteiger partial charge >= 0.3 is 5.51 Å². The Morgan fingerprint density at radius 3 is 2.27 bits per heavy atom. The number of sulfone groups is 1. The highest BCUT2D eigenvalue weighted by molar-refractivity contribution is 7.92. The summed E-state index contributed by atoms with van der Waals surface area (Å²) < 4.78 is 88.9. The Morgan fingerprint density at radius 1 is 1.08 bits per heavy atom. The van der Waals surface area contributed by atoms with Gasteiger partial charge in [0.25, 0.3) is 9.84 Å². The largest absolute Gasteiger partial charge is 0.501 e. The maximum atomic E-state index is 13.3. The van der Waals surface area contributed by atoms with Gasteiger partial charge in [-0.25, -0.2) is 17.2 Å². The predicted molar refractivity (Wildman–Crippen MR) is 82.1 cm³/mol. The van der Waals surface area contributed by atoms with Crippen molar-refractivity contribution in [3.63, 3.8) is 0 Å². The SMILES string of the molecule is O=S(=O)(c1ccc(Cc2cc(F)cc(F)c2)c2c1[C@H](O)CC2)C(F)(F)F. The quantitative estimate of drug-likeness (QED) is 0.808. The second kappa shape index (κ2) is 6.31. The third-order valence-electron chi connectivity index (χ3n) is 4.33. The zero-order valence-corrected chi connectivity index (χ0v) is 14.0. The summed E-state index contributed by atoms with van der Waals surface area (Å²) in [6.45, 7) is 0. The van der Waals surface area contributed by atoms with Crippen LogP contribution < -0.4 is 0 Å². The molecule has 1 atom stereocenters. The number of benzene rings is 2. The summed E-state index contributed by atoms with van der Waals surface area (Å²) in [7, 11) is -5.62. The zero-order valence-electron chi connectivity index (χ0n) is 13.1. The third kappa shape index (κ3) is 3.21. The van der Waals surface area contributed by atoms with E-state index in [1.165, 1.54) is 6.07 Å². The van der Waals surface area contributed by atoms with Gasteiger partial charge in [-0.1, -0.05) is 6.07 Å². The first kappa shape index (κ1) is 18.8. The molecule has 3 nitrogen and oxygen atoms in total. The first-order chi connectivity index (χ1) is 12.0. The van der Waals surface area contributed by atoms with Crippen LogP contribution in [0.4, 0.5) is 22.0 Å². The molecule has 0 bridgehead atoms. The van der Waals surface area contributed by atoms with Crippen LogP contribution >= 0.6 is 0 Å². The number of alkyl halides is 3. The number of hydrogen-bond donors (Lipinski definition) is 1. The van der Waals surface area contributed by atoms with E-state index in [9.17, 15) is 35.5 Å². The van der Waals surface area contributed by atoms with Gasteiger partial charge in [0, 0.05) is 11.6 Å². The number of hydrogen-bond acceptors (Lipinski definition) is 3. The van der Waals surface area contributed by atoms with Gasteiger partial charge < -0.3 is 5.11 Å². The van der Waals surface area contributed by atoms with Crippen molar-refractivity contribution < 1.29 is 35.5 Å². The summed E-state index contributed by atoms with van der Waals surface area (Å²) in [5.74, 6) is -1.60. The minimum absolute atomic E-state index is 0.00389. The Morgan fingerprint density at radius 2 is 1.69 bits per heavy atom. The Hall–Kier alpha value is -2.00. The highest BCUT2D eigenvalue weighted by Gasteiger charge is 2.49. The molecule has 26 heavy (non-hydrogen) atoms. The minimum Gasteiger partial charge on any atom is -0.388 e. The van der Waals surface area contributed by atoms with E-state index in [-0.39, 0.29) is 36.0 Å². The van der Waals surface area contributed by atoms with Crippen LogP contribution in [0.1, 0.15) is 34.8 Å². The molecule has 0 fully saturated rings. The highest BCUT2D eigenvalue weighted by atomic mass is 32.2. The fourth-order valence-corrected chi connectivity index (χ4v) is 4.28. The van der Waals surface area contributed by atoms with Crippen molar-refractivity contribution >= 4 is 9.84 Å². The van der Waals surface area contributed by atoms with Crippen LogP contribution in [0.3, 0.4) is 0 Å². The van der Waals surface area contributed by atoms with Crippen LogP contribution in [0.2, 0.25) is 0 Å². The van der Waals surface area contributed by atoms with Crippen LogP contribution in [-0.2, 0) is 22.7 Å². The Kier molecular flexibility index (Phi) is 4.56. The van der Waals surface area contributed by atoms with E-state index < -0.39 is 38.0 Å². The molecule has 1 aliphatic carbocycles. The summed E-state index contributed by atoms with van der Waals surface area (Å²) in [6, 6.07) is 4.85. The summed E-state index contributed by atoms with van der Waals surface area (Å²) >= 11 is 0. The standard InChI is InChI=1S/C17H13F5O3S/c18-11-6-9(7-12(19)8-11)5-10-1-4-15(26(24,25)17(20,21)22)16-13(10)2-3-14(16)23/h1,4,6-8,14,23H,2-3,5H2/t14-/m1/s1.